The summed E-state index contributed by atoms with van der Waals surface area (Å²) in [5.74, 6) is 1.51. The van der Waals surface area contributed by atoms with Gasteiger partial charge in [0.1, 0.15) is 6.61 Å². The third kappa shape index (κ3) is 5.13. The van der Waals surface area contributed by atoms with Crippen LogP contribution >= 0.6 is 28.3 Å². The van der Waals surface area contributed by atoms with E-state index in [4.69, 9.17) is 9.47 Å². The van der Waals surface area contributed by atoms with Gasteiger partial charge < -0.3 is 14.8 Å². The molecule has 0 heterocycles. The van der Waals surface area contributed by atoms with Gasteiger partial charge in [-0.25, -0.2) is 0 Å². The lowest BCUT2D eigenvalue weighted by atomic mass is 10.2. The molecule has 1 saturated carbocycles. The maximum Gasteiger partial charge on any atom is 0.175 e. The summed E-state index contributed by atoms with van der Waals surface area (Å²) in [5.41, 5.74) is 2.33. The first-order valence-corrected chi connectivity index (χ1v) is 8.32. The van der Waals surface area contributed by atoms with Crippen LogP contribution in [0.2, 0.25) is 0 Å². The predicted molar refractivity (Wildman–Crippen MR) is 98.6 cm³/mol. The monoisotopic (exact) mass is 397 g/mol. The summed E-state index contributed by atoms with van der Waals surface area (Å²) >= 11 is 3.60. The third-order valence-corrected chi connectivity index (χ3v) is 4.28. The minimum atomic E-state index is 0. The van der Waals surface area contributed by atoms with E-state index in [0.717, 1.165) is 28.1 Å². The lowest BCUT2D eigenvalue weighted by Gasteiger charge is -2.15. The van der Waals surface area contributed by atoms with Crippen LogP contribution in [0.4, 0.5) is 0 Å². The molecule has 0 spiro atoms. The van der Waals surface area contributed by atoms with Crippen LogP contribution in [0.25, 0.3) is 0 Å². The van der Waals surface area contributed by atoms with Crippen LogP contribution in [0.1, 0.15) is 24.0 Å². The van der Waals surface area contributed by atoms with E-state index in [9.17, 15) is 0 Å². The van der Waals surface area contributed by atoms with E-state index in [1.807, 2.05) is 36.4 Å². The van der Waals surface area contributed by atoms with Crippen molar-refractivity contribution in [1.82, 2.24) is 5.32 Å². The van der Waals surface area contributed by atoms with Gasteiger partial charge in [-0.1, -0.05) is 30.3 Å². The second kappa shape index (κ2) is 8.57. The van der Waals surface area contributed by atoms with E-state index < -0.39 is 0 Å². The first kappa shape index (κ1) is 18.1. The molecule has 0 radical (unpaired) electrons. The number of ether oxygens (including phenoxy) is 2. The molecule has 2 aromatic carbocycles. The zero-order chi connectivity index (χ0) is 15.4. The van der Waals surface area contributed by atoms with E-state index in [-0.39, 0.29) is 12.4 Å². The molecule has 3 rings (SSSR count). The quantitative estimate of drug-likeness (QED) is 0.732. The van der Waals surface area contributed by atoms with Crippen molar-refractivity contribution in [1.29, 1.82) is 0 Å². The Balaban J connectivity index is 0.00000192. The van der Waals surface area contributed by atoms with E-state index in [0.29, 0.717) is 12.6 Å². The second-order valence-corrected chi connectivity index (χ2v) is 6.39. The smallest absolute Gasteiger partial charge is 0.175 e. The maximum absolute atomic E-state index is 5.95. The van der Waals surface area contributed by atoms with Crippen molar-refractivity contribution < 1.29 is 9.47 Å². The summed E-state index contributed by atoms with van der Waals surface area (Å²) in [6, 6.07) is 15.0. The van der Waals surface area contributed by atoms with Crippen LogP contribution < -0.4 is 14.8 Å². The van der Waals surface area contributed by atoms with E-state index in [2.05, 4.69) is 27.3 Å². The highest BCUT2D eigenvalue weighted by atomic mass is 79.9. The predicted octanol–water partition coefficient (Wildman–Crippen LogP) is 4.71. The van der Waals surface area contributed by atoms with Gasteiger partial charge >= 0.3 is 0 Å². The molecular formula is C18H21BrClNO2. The second-order valence-electron chi connectivity index (χ2n) is 5.54. The number of rotatable bonds is 7. The molecule has 3 nitrogen and oxygen atoms in total. The summed E-state index contributed by atoms with van der Waals surface area (Å²) in [4.78, 5) is 0. The molecule has 124 valence electrons. The molecule has 23 heavy (non-hydrogen) atoms. The lowest BCUT2D eigenvalue weighted by molar-refractivity contribution is 0.282. The summed E-state index contributed by atoms with van der Waals surface area (Å²) < 4.78 is 12.4. The van der Waals surface area contributed by atoms with Gasteiger partial charge in [0.2, 0.25) is 0 Å². The summed E-state index contributed by atoms with van der Waals surface area (Å²) in [5, 5.41) is 3.51. The van der Waals surface area contributed by atoms with Gasteiger partial charge in [0.15, 0.2) is 11.5 Å². The van der Waals surface area contributed by atoms with E-state index >= 15 is 0 Å². The molecule has 2 aromatic rings. The van der Waals surface area contributed by atoms with Gasteiger partial charge in [-0.3, -0.25) is 0 Å². The molecule has 0 amide bonds. The first-order chi connectivity index (χ1) is 10.8. The lowest BCUT2D eigenvalue weighted by Crippen LogP contribution is -2.15. The Kier molecular flexibility index (Phi) is 6.75. The van der Waals surface area contributed by atoms with E-state index in [1.165, 1.54) is 18.4 Å². The fourth-order valence-corrected chi connectivity index (χ4v) is 2.90. The van der Waals surface area contributed by atoms with Gasteiger partial charge in [-0.2, -0.15) is 0 Å². The normalized spacial score (nSPS) is 13.3. The van der Waals surface area contributed by atoms with Crippen molar-refractivity contribution in [2.24, 2.45) is 0 Å². The molecule has 1 N–H and O–H groups in total. The molecule has 0 unspecified atom stereocenters. The van der Waals surface area contributed by atoms with Gasteiger partial charge in [0.25, 0.3) is 0 Å². The van der Waals surface area contributed by atoms with Crippen molar-refractivity contribution in [3.8, 4) is 11.5 Å². The molecule has 0 bridgehead atoms. The Morgan fingerprint density at radius 1 is 1.13 bits per heavy atom. The Bertz CT molecular complexity index is 632. The van der Waals surface area contributed by atoms with Crippen molar-refractivity contribution >= 4 is 28.3 Å². The standard InChI is InChI=1S/C18H20BrNO2.ClH/c1-21-17-10-14(11-20-15-7-8-15)9-16(19)18(17)22-12-13-5-3-2-4-6-13;/h2-6,9-10,15,20H,7-8,11-12H2,1H3;1H. The van der Waals surface area contributed by atoms with Crippen molar-refractivity contribution in [2.75, 3.05) is 7.11 Å². The number of nitrogens with one attached hydrogen (secondary N) is 1. The number of halogens is 2. The molecule has 0 atom stereocenters. The number of hydrogen-bond acceptors (Lipinski definition) is 3. The average molecular weight is 399 g/mol. The van der Waals surface area contributed by atoms with Gasteiger partial charge in [0.05, 0.1) is 11.6 Å². The van der Waals surface area contributed by atoms with Crippen molar-refractivity contribution in [2.45, 2.75) is 32.0 Å². The summed E-state index contributed by atoms with van der Waals surface area (Å²) in [7, 11) is 1.68. The highest BCUT2D eigenvalue weighted by Crippen LogP contribution is 2.37. The summed E-state index contributed by atoms with van der Waals surface area (Å²) in [6.45, 7) is 1.38. The van der Waals surface area contributed by atoms with E-state index in [1.54, 1.807) is 7.11 Å². The number of hydrogen-bond donors (Lipinski definition) is 1. The molecule has 1 aliphatic carbocycles. The van der Waals surface area contributed by atoms with Crippen LogP contribution in [-0.4, -0.2) is 13.2 Å². The largest absolute Gasteiger partial charge is 0.493 e. The molecule has 0 aliphatic heterocycles. The number of methoxy groups -OCH3 is 1. The first-order valence-electron chi connectivity index (χ1n) is 7.53. The van der Waals surface area contributed by atoms with Crippen LogP contribution in [0.15, 0.2) is 46.9 Å². The molecule has 0 saturated heterocycles. The van der Waals surface area contributed by atoms with Crippen LogP contribution in [0.5, 0.6) is 11.5 Å². The topological polar surface area (TPSA) is 30.5 Å². The SMILES string of the molecule is COc1cc(CNC2CC2)cc(Br)c1OCc1ccccc1.Cl. The zero-order valence-corrected chi connectivity index (χ0v) is 15.5. The summed E-state index contributed by atoms with van der Waals surface area (Å²) in [6.07, 6.45) is 2.58. The Morgan fingerprint density at radius 2 is 1.87 bits per heavy atom. The van der Waals surface area contributed by atoms with Gasteiger partial charge in [-0.15, -0.1) is 12.4 Å². The fraction of sp³-hybridized carbons (Fsp3) is 0.333. The van der Waals surface area contributed by atoms with Crippen LogP contribution in [-0.2, 0) is 13.2 Å². The maximum atomic E-state index is 5.95. The Labute approximate surface area is 151 Å². The minimum absolute atomic E-state index is 0. The zero-order valence-electron chi connectivity index (χ0n) is 13.0. The molecule has 1 fully saturated rings. The number of benzene rings is 2. The molecular weight excluding hydrogens is 378 g/mol. The molecule has 5 heteroatoms. The molecule has 0 aromatic heterocycles. The van der Waals surface area contributed by atoms with Gasteiger partial charge in [0, 0.05) is 12.6 Å². The highest BCUT2D eigenvalue weighted by Gasteiger charge is 2.20. The minimum Gasteiger partial charge on any atom is -0.493 e. The molecule has 1 aliphatic rings. The van der Waals surface area contributed by atoms with Gasteiger partial charge in [-0.05, 0) is 52.0 Å². The Morgan fingerprint density at radius 3 is 2.52 bits per heavy atom. The third-order valence-electron chi connectivity index (χ3n) is 3.69. The van der Waals surface area contributed by atoms with Crippen molar-refractivity contribution in [3.63, 3.8) is 0 Å². The van der Waals surface area contributed by atoms with Crippen molar-refractivity contribution in [3.05, 3.63) is 58.1 Å². The fourth-order valence-electron chi connectivity index (χ4n) is 2.29. The Hall–Kier alpha value is -1.23. The van der Waals surface area contributed by atoms with Crippen LogP contribution in [0, 0.1) is 0 Å². The average Bonchev–Trinajstić information content (AvgIpc) is 3.36. The van der Waals surface area contributed by atoms with Crippen LogP contribution in [0.3, 0.4) is 0 Å². The highest BCUT2D eigenvalue weighted by molar-refractivity contribution is 9.10.